The van der Waals surface area contributed by atoms with E-state index >= 15 is 0 Å². The summed E-state index contributed by atoms with van der Waals surface area (Å²) in [4.78, 5) is 11.5. The molecule has 17 heavy (non-hydrogen) atoms. The van der Waals surface area contributed by atoms with E-state index in [1.807, 2.05) is 6.08 Å². The number of amides is 1. The van der Waals surface area contributed by atoms with Gasteiger partial charge in [-0.15, -0.1) is 5.73 Å². The third-order valence-electron chi connectivity index (χ3n) is 2.71. The van der Waals surface area contributed by atoms with Crippen LogP contribution in [0.2, 0.25) is 0 Å². The zero-order valence-electron chi connectivity index (χ0n) is 10.2. The minimum absolute atomic E-state index is 0.00919. The van der Waals surface area contributed by atoms with Gasteiger partial charge in [-0.2, -0.15) is 12.6 Å². The zero-order valence-corrected chi connectivity index (χ0v) is 11.1. The second-order valence-electron chi connectivity index (χ2n) is 4.18. The van der Waals surface area contributed by atoms with Crippen molar-refractivity contribution in [2.24, 2.45) is 0 Å². The van der Waals surface area contributed by atoms with Gasteiger partial charge < -0.3 is 5.32 Å². The second-order valence-corrected chi connectivity index (χ2v) is 4.63. The summed E-state index contributed by atoms with van der Waals surface area (Å²) >= 11 is 4.18. The molecular weight excluding hydrogens is 230 g/mol. The van der Waals surface area contributed by atoms with Crippen molar-refractivity contribution in [3.63, 3.8) is 0 Å². The molecule has 0 heterocycles. The van der Waals surface area contributed by atoms with Crippen LogP contribution in [0.15, 0.2) is 29.5 Å². The Morgan fingerprint density at radius 1 is 1.18 bits per heavy atom. The lowest BCUT2D eigenvalue weighted by atomic mass is 10.1. The number of nitrogens with one attached hydrogen (secondary N) is 1. The van der Waals surface area contributed by atoms with Crippen molar-refractivity contribution >= 4 is 18.5 Å². The van der Waals surface area contributed by atoms with E-state index in [9.17, 15) is 4.79 Å². The summed E-state index contributed by atoms with van der Waals surface area (Å²) in [6.45, 7) is 0.768. The number of hydrogen-bond donors (Lipinski definition) is 2. The van der Waals surface area contributed by atoms with Crippen LogP contribution >= 0.6 is 12.6 Å². The Balaban J connectivity index is 1.92. The molecule has 0 atom stereocenters. The largest absolute Gasteiger partial charge is 0.352 e. The van der Waals surface area contributed by atoms with Crippen molar-refractivity contribution < 1.29 is 4.79 Å². The summed E-state index contributed by atoms with van der Waals surface area (Å²) in [5.41, 5.74) is 3.53. The van der Waals surface area contributed by atoms with Crippen molar-refractivity contribution in [2.75, 3.05) is 12.3 Å². The molecule has 0 aromatic carbocycles. The van der Waals surface area contributed by atoms with E-state index in [4.69, 9.17) is 0 Å². The fourth-order valence-corrected chi connectivity index (χ4v) is 1.94. The molecule has 3 heteroatoms. The Kier molecular flexibility index (Phi) is 7.61. The van der Waals surface area contributed by atoms with Gasteiger partial charge in [0.15, 0.2) is 0 Å². The number of unbranched alkanes of at least 4 members (excludes halogenated alkanes) is 5. The van der Waals surface area contributed by atoms with Crippen LogP contribution < -0.4 is 5.32 Å². The third-order valence-corrected chi connectivity index (χ3v) is 3.03. The first kappa shape index (κ1) is 14.1. The van der Waals surface area contributed by atoms with Crippen molar-refractivity contribution in [1.29, 1.82) is 0 Å². The number of carbonyl (C=O) groups excluding carboxylic acids is 1. The number of carbonyl (C=O) groups is 1. The van der Waals surface area contributed by atoms with Gasteiger partial charge >= 0.3 is 0 Å². The molecule has 0 radical (unpaired) electrons. The Morgan fingerprint density at radius 3 is 2.53 bits per heavy atom. The molecule has 1 N–H and O–H groups in total. The summed E-state index contributed by atoms with van der Waals surface area (Å²) in [6.07, 6.45) is 12.7. The maximum Gasteiger partial charge on any atom is 0.259 e. The van der Waals surface area contributed by atoms with E-state index in [1.165, 1.54) is 32.1 Å². The molecule has 1 rings (SSSR count). The molecule has 0 saturated carbocycles. The maximum atomic E-state index is 11.5. The van der Waals surface area contributed by atoms with Crippen molar-refractivity contribution in [3.05, 3.63) is 29.5 Å². The molecule has 0 fully saturated rings. The molecule has 0 bridgehead atoms. The Morgan fingerprint density at radius 2 is 1.88 bits per heavy atom. The smallest absolute Gasteiger partial charge is 0.259 e. The van der Waals surface area contributed by atoms with Crippen LogP contribution in [0.5, 0.6) is 0 Å². The second kappa shape index (κ2) is 9.15. The van der Waals surface area contributed by atoms with Gasteiger partial charge in [0.05, 0.1) is 5.57 Å². The van der Waals surface area contributed by atoms with Gasteiger partial charge in [0, 0.05) is 6.54 Å². The highest BCUT2D eigenvalue weighted by atomic mass is 32.1. The van der Waals surface area contributed by atoms with Crippen molar-refractivity contribution in [2.45, 2.75) is 38.5 Å². The minimum Gasteiger partial charge on any atom is -0.352 e. The summed E-state index contributed by atoms with van der Waals surface area (Å²) in [7, 11) is 0. The predicted octanol–water partition coefficient (Wildman–Crippen LogP) is 3.02. The third kappa shape index (κ3) is 6.40. The van der Waals surface area contributed by atoms with Crippen LogP contribution in [0.25, 0.3) is 0 Å². The molecular formula is C14H21NOS. The minimum atomic E-state index is -0.00919. The van der Waals surface area contributed by atoms with Gasteiger partial charge in [-0.3, -0.25) is 4.79 Å². The van der Waals surface area contributed by atoms with Crippen molar-refractivity contribution in [3.8, 4) is 0 Å². The fourth-order valence-electron chi connectivity index (χ4n) is 1.71. The van der Waals surface area contributed by atoms with Crippen LogP contribution in [0.3, 0.4) is 0 Å². The van der Waals surface area contributed by atoms with Crippen LogP contribution in [0.4, 0.5) is 0 Å². The quantitative estimate of drug-likeness (QED) is 0.368. The van der Waals surface area contributed by atoms with Crippen molar-refractivity contribution in [1.82, 2.24) is 5.32 Å². The number of rotatable bonds is 9. The molecule has 0 saturated heterocycles. The van der Waals surface area contributed by atoms with E-state index in [2.05, 4.69) is 23.7 Å². The monoisotopic (exact) mass is 251 g/mol. The molecule has 94 valence electrons. The maximum absolute atomic E-state index is 11.5. The standard InChI is InChI=1S/C14H21NOS/c16-14(13-9-5-6-10-13)15-11-7-3-1-2-4-8-12-17/h5-6,9,17H,1-4,7-8,11-12H2,(H,15,16). The fraction of sp³-hybridized carbons (Fsp3) is 0.571. The van der Waals surface area contributed by atoms with Gasteiger partial charge in [0.2, 0.25) is 0 Å². The number of hydrogen-bond acceptors (Lipinski definition) is 2. The molecule has 0 aromatic rings. The average molecular weight is 251 g/mol. The topological polar surface area (TPSA) is 29.1 Å². The first-order chi connectivity index (χ1) is 8.34. The summed E-state index contributed by atoms with van der Waals surface area (Å²) in [5.74, 6) is 0.983. The first-order valence-corrected chi connectivity index (χ1v) is 7.00. The predicted molar refractivity (Wildman–Crippen MR) is 75.3 cm³/mol. The number of allylic oxidation sites excluding steroid dienone is 1. The summed E-state index contributed by atoms with van der Waals surface area (Å²) < 4.78 is 0. The van der Waals surface area contributed by atoms with E-state index in [0.717, 1.165) is 18.7 Å². The molecule has 1 amide bonds. The molecule has 0 spiro atoms. The van der Waals surface area contributed by atoms with Gasteiger partial charge in [0.25, 0.3) is 5.91 Å². The van der Waals surface area contributed by atoms with Gasteiger partial charge in [-0.1, -0.05) is 31.8 Å². The molecule has 0 aliphatic heterocycles. The van der Waals surface area contributed by atoms with Crippen LogP contribution in [0, 0.1) is 0 Å². The highest BCUT2D eigenvalue weighted by molar-refractivity contribution is 7.80. The molecule has 2 nitrogen and oxygen atoms in total. The Hall–Kier alpha value is -0.920. The van der Waals surface area contributed by atoms with E-state index in [0.29, 0.717) is 5.57 Å². The van der Waals surface area contributed by atoms with Gasteiger partial charge in [-0.05, 0) is 30.7 Å². The molecule has 0 unspecified atom stereocenters. The lowest BCUT2D eigenvalue weighted by Gasteiger charge is -2.04. The van der Waals surface area contributed by atoms with E-state index in [1.54, 1.807) is 12.2 Å². The van der Waals surface area contributed by atoms with Crippen LogP contribution in [0.1, 0.15) is 38.5 Å². The molecule has 1 aliphatic carbocycles. The lowest BCUT2D eigenvalue weighted by Crippen LogP contribution is -2.24. The SMILES string of the molecule is O=C(NCCCCCCCCS)C1=C=CC=C1. The van der Waals surface area contributed by atoms with Gasteiger partial charge in [0.1, 0.15) is 0 Å². The first-order valence-electron chi connectivity index (χ1n) is 6.37. The molecule has 1 aliphatic rings. The zero-order chi connectivity index (χ0) is 12.3. The highest BCUT2D eigenvalue weighted by Crippen LogP contribution is 2.06. The summed E-state index contributed by atoms with van der Waals surface area (Å²) in [5, 5.41) is 2.90. The van der Waals surface area contributed by atoms with E-state index < -0.39 is 0 Å². The highest BCUT2D eigenvalue weighted by Gasteiger charge is 2.05. The average Bonchev–Trinajstić information content (AvgIpc) is 2.86. The van der Waals surface area contributed by atoms with Crippen LogP contribution in [-0.4, -0.2) is 18.2 Å². The normalized spacial score (nSPS) is 12.9. The molecule has 0 aromatic heterocycles. The number of thiol groups is 1. The van der Waals surface area contributed by atoms with E-state index in [-0.39, 0.29) is 5.91 Å². The Labute approximate surface area is 109 Å². The summed E-state index contributed by atoms with van der Waals surface area (Å²) in [6, 6.07) is 0. The lowest BCUT2D eigenvalue weighted by molar-refractivity contribution is -0.117. The van der Waals surface area contributed by atoms with Gasteiger partial charge in [-0.25, -0.2) is 0 Å². The Bertz CT molecular complexity index is 327. The van der Waals surface area contributed by atoms with Crippen LogP contribution in [-0.2, 0) is 4.79 Å².